The first-order valence-electron chi connectivity index (χ1n) is 12.6. The fourth-order valence-electron chi connectivity index (χ4n) is 3.75. The molecule has 0 rings (SSSR count). The van der Waals surface area contributed by atoms with Crippen LogP contribution in [-0.2, 0) is 4.79 Å². The van der Waals surface area contributed by atoms with Gasteiger partial charge in [-0.1, -0.05) is 90.9 Å². The van der Waals surface area contributed by atoms with Crippen molar-refractivity contribution in [3.63, 3.8) is 0 Å². The van der Waals surface area contributed by atoms with Gasteiger partial charge in [-0.15, -0.1) is 0 Å². The molecule has 29 heavy (non-hydrogen) atoms. The lowest BCUT2D eigenvalue weighted by molar-refractivity contribution is -0.888. The number of carboxylic acid groups (broad SMARTS) is 1. The van der Waals surface area contributed by atoms with Crippen molar-refractivity contribution in [2.75, 3.05) is 33.7 Å². The predicted molar refractivity (Wildman–Crippen MR) is 126 cm³/mol. The third-order valence-electron chi connectivity index (χ3n) is 6.26. The molecule has 0 spiro atoms. The maximum atomic E-state index is 11.4. The molecule has 0 heterocycles. The average molecular weight is 414 g/mol. The molecule has 174 valence electrons. The van der Waals surface area contributed by atoms with Crippen LogP contribution in [0.5, 0.6) is 0 Å². The topological polar surface area (TPSA) is 49.3 Å². The number of carboxylic acids is 1. The number of rotatable bonds is 21. The van der Waals surface area contributed by atoms with E-state index in [1.807, 2.05) is 0 Å². The van der Waals surface area contributed by atoms with Gasteiger partial charge >= 0.3 is 5.97 Å². The first-order valence-corrected chi connectivity index (χ1v) is 12.6. The zero-order valence-electron chi connectivity index (χ0n) is 20.5. The molecule has 0 saturated carbocycles. The Morgan fingerprint density at radius 3 is 1.66 bits per heavy atom. The molecule has 0 aromatic rings. The Morgan fingerprint density at radius 1 is 0.793 bits per heavy atom. The monoisotopic (exact) mass is 413 g/mol. The third-order valence-corrected chi connectivity index (χ3v) is 6.26. The molecule has 1 atom stereocenters. The van der Waals surface area contributed by atoms with Crippen molar-refractivity contribution < 1.29 is 14.4 Å². The van der Waals surface area contributed by atoms with E-state index in [2.05, 4.69) is 40.2 Å². The summed E-state index contributed by atoms with van der Waals surface area (Å²) in [5, 5.41) is 12.7. The first-order chi connectivity index (χ1) is 13.8. The Kier molecular flexibility index (Phi) is 17.8. The Labute approximate surface area is 182 Å². The van der Waals surface area contributed by atoms with Gasteiger partial charge in [0.15, 0.2) is 0 Å². The van der Waals surface area contributed by atoms with Crippen molar-refractivity contribution in [1.82, 2.24) is 5.32 Å². The second kappa shape index (κ2) is 18.2. The van der Waals surface area contributed by atoms with E-state index < -0.39 is 5.97 Å². The molecule has 2 N–H and O–H groups in total. The van der Waals surface area contributed by atoms with Crippen LogP contribution in [0.3, 0.4) is 0 Å². The van der Waals surface area contributed by atoms with E-state index >= 15 is 0 Å². The Morgan fingerprint density at radius 2 is 1.24 bits per heavy atom. The minimum atomic E-state index is -0.692. The Bertz CT molecular complexity index is 383. The number of unbranched alkanes of at least 4 members (excludes halogenated alkanes) is 10. The van der Waals surface area contributed by atoms with Crippen LogP contribution in [0.15, 0.2) is 0 Å². The normalized spacial score (nSPS) is 13.2. The van der Waals surface area contributed by atoms with E-state index in [1.54, 1.807) is 0 Å². The van der Waals surface area contributed by atoms with Gasteiger partial charge in [0.1, 0.15) is 6.04 Å². The van der Waals surface area contributed by atoms with Gasteiger partial charge in [-0.25, -0.2) is 0 Å². The van der Waals surface area contributed by atoms with Crippen molar-refractivity contribution in [2.45, 2.75) is 117 Å². The highest BCUT2D eigenvalue weighted by molar-refractivity contribution is 5.73. The number of hydrogen-bond donors (Lipinski definition) is 2. The lowest BCUT2D eigenvalue weighted by Gasteiger charge is -2.28. The van der Waals surface area contributed by atoms with Gasteiger partial charge in [0.25, 0.3) is 0 Å². The highest BCUT2D eigenvalue weighted by Gasteiger charge is 2.17. The molecule has 0 aliphatic rings. The fraction of sp³-hybridized carbons (Fsp3) is 0.960. The van der Waals surface area contributed by atoms with Crippen LogP contribution >= 0.6 is 0 Å². The lowest BCUT2D eigenvalue weighted by Crippen LogP contribution is -2.43. The minimum Gasteiger partial charge on any atom is -0.480 e. The molecule has 0 saturated heterocycles. The highest BCUT2D eigenvalue weighted by Crippen LogP contribution is 2.14. The maximum absolute atomic E-state index is 11.4. The van der Waals surface area contributed by atoms with E-state index in [1.165, 1.54) is 70.6 Å². The fourth-order valence-corrected chi connectivity index (χ4v) is 3.75. The van der Waals surface area contributed by atoms with E-state index in [0.717, 1.165) is 49.3 Å². The molecular formula is C25H53N2O2+. The van der Waals surface area contributed by atoms with Crippen LogP contribution in [-0.4, -0.2) is 55.3 Å². The van der Waals surface area contributed by atoms with Gasteiger partial charge in [-0.05, 0) is 19.3 Å². The molecule has 0 bridgehead atoms. The molecule has 0 amide bonds. The summed E-state index contributed by atoms with van der Waals surface area (Å²) in [5.74, 6) is 0.164. The average Bonchev–Trinajstić information content (AvgIpc) is 2.66. The molecule has 0 aromatic heterocycles. The summed E-state index contributed by atoms with van der Waals surface area (Å²) >= 11 is 0. The van der Waals surface area contributed by atoms with Gasteiger partial charge in [-0.2, -0.15) is 0 Å². The molecule has 1 unspecified atom stereocenters. The summed E-state index contributed by atoms with van der Waals surface area (Å²) < 4.78 is 0.998. The largest absolute Gasteiger partial charge is 0.480 e. The van der Waals surface area contributed by atoms with Crippen molar-refractivity contribution >= 4 is 5.97 Å². The van der Waals surface area contributed by atoms with Crippen molar-refractivity contribution in [3.05, 3.63) is 0 Å². The van der Waals surface area contributed by atoms with Crippen LogP contribution in [0.25, 0.3) is 0 Å². The Hall–Kier alpha value is -0.610. The summed E-state index contributed by atoms with van der Waals surface area (Å²) in [6, 6.07) is -0.372. The van der Waals surface area contributed by atoms with Crippen molar-refractivity contribution in [1.29, 1.82) is 0 Å². The van der Waals surface area contributed by atoms with Crippen LogP contribution in [0.1, 0.15) is 111 Å². The van der Waals surface area contributed by atoms with Crippen molar-refractivity contribution in [3.8, 4) is 0 Å². The smallest absolute Gasteiger partial charge is 0.320 e. The molecule has 4 nitrogen and oxygen atoms in total. The summed E-state index contributed by atoms with van der Waals surface area (Å²) in [6.07, 6.45) is 17.7. The second-order valence-electron chi connectivity index (χ2n) is 10.0. The number of carbonyl (C=O) groups is 1. The van der Waals surface area contributed by atoms with E-state index in [0.29, 0.717) is 0 Å². The van der Waals surface area contributed by atoms with Crippen LogP contribution in [0.2, 0.25) is 0 Å². The van der Waals surface area contributed by atoms with E-state index in [9.17, 15) is 9.90 Å². The zero-order valence-corrected chi connectivity index (χ0v) is 20.5. The molecule has 0 aliphatic heterocycles. The van der Waals surface area contributed by atoms with E-state index in [-0.39, 0.29) is 6.04 Å². The molecule has 0 radical (unpaired) electrons. The first kappa shape index (κ1) is 28.4. The zero-order chi connectivity index (χ0) is 22.0. The van der Waals surface area contributed by atoms with Gasteiger partial charge in [0.05, 0.1) is 27.2 Å². The van der Waals surface area contributed by atoms with Gasteiger partial charge in [-0.3, -0.25) is 4.79 Å². The number of nitrogens with zero attached hydrogens (tertiary/aromatic N) is 1. The second-order valence-corrected chi connectivity index (χ2v) is 10.0. The number of hydrogen-bond acceptors (Lipinski definition) is 2. The standard InChI is InChI=1S/C25H52N2O2/c1-6-27(4,5)22-18-21-26-24(25(28)29)20-17-15-13-11-9-7-8-10-12-14-16-19-23(2)3/h23-24,26H,6-22H2,1-5H3/p+1. The number of quaternary nitrogens is 1. The SMILES string of the molecule is CC[N+](C)(C)CCCNC(CCCCCCCCCCCCCC(C)C)C(=O)O. The number of nitrogens with one attached hydrogen (secondary N) is 1. The summed E-state index contributed by atoms with van der Waals surface area (Å²) in [6.45, 7) is 9.83. The van der Waals surface area contributed by atoms with Gasteiger partial charge < -0.3 is 14.9 Å². The van der Waals surface area contributed by atoms with Crippen molar-refractivity contribution in [2.24, 2.45) is 5.92 Å². The third kappa shape index (κ3) is 19.1. The van der Waals surface area contributed by atoms with Gasteiger partial charge in [0, 0.05) is 13.0 Å². The molecule has 0 aliphatic carbocycles. The van der Waals surface area contributed by atoms with Gasteiger partial charge in [0.2, 0.25) is 0 Å². The predicted octanol–water partition coefficient (Wildman–Crippen LogP) is 6.24. The van der Waals surface area contributed by atoms with Crippen LogP contribution in [0.4, 0.5) is 0 Å². The minimum absolute atomic E-state index is 0.372. The van der Waals surface area contributed by atoms with Crippen LogP contribution < -0.4 is 5.32 Å². The highest BCUT2D eigenvalue weighted by atomic mass is 16.4. The molecule has 0 aromatic carbocycles. The van der Waals surface area contributed by atoms with E-state index in [4.69, 9.17) is 0 Å². The van der Waals surface area contributed by atoms with Crippen LogP contribution in [0, 0.1) is 5.92 Å². The summed E-state index contributed by atoms with van der Waals surface area (Å²) in [7, 11) is 4.45. The number of aliphatic carboxylic acids is 1. The maximum Gasteiger partial charge on any atom is 0.320 e. The Balaban J connectivity index is 3.52. The molecule has 4 heteroatoms. The molecule has 0 fully saturated rings. The summed E-state index contributed by atoms with van der Waals surface area (Å²) in [4.78, 5) is 11.4. The summed E-state index contributed by atoms with van der Waals surface area (Å²) in [5.41, 5.74) is 0. The lowest BCUT2D eigenvalue weighted by atomic mass is 10.0. The molecular weight excluding hydrogens is 360 g/mol. The quantitative estimate of drug-likeness (QED) is 0.173.